The van der Waals surface area contributed by atoms with Crippen molar-refractivity contribution in [2.24, 2.45) is 0 Å². The average molecular weight is 382 g/mol. The molecule has 2 atom stereocenters. The second-order valence-corrected chi connectivity index (χ2v) is 7.97. The summed E-state index contributed by atoms with van der Waals surface area (Å²) >= 11 is 5.97. The fourth-order valence-electron chi connectivity index (χ4n) is 3.08. The van der Waals surface area contributed by atoms with Crippen LogP contribution in [0.15, 0.2) is 23.1 Å². The normalized spacial score (nSPS) is 24.7. The Hall–Kier alpha value is -0.930. The topological polar surface area (TPSA) is 92.5 Å². The van der Waals surface area contributed by atoms with Gasteiger partial charge in [0.25, 0.3) is 5.69 Å². The van der Waals surface area contributed by atoms with Crippen molar-refractivity contribution in [3.63, 3.8) is 0 Å². The first-order chi connectivity index (χ1) is 10.4. The monoisotopic (exact) mass is 381 g/mol. The lowest BCUT2D eigenvalue weighted by Crippen LogP contribution is -2.39. The van der Waals surface area contributed by atoms with E-state index in [-0.39, 0.29) is 34.1 Å². The second-order valence-electron chi connectivity index (χ2n) is 5.66. The van der Waals surface area contributed by atoms with E-state index in [1.165, 1.54) is 16.4 Å². The summed E-state index contributed by atoms with van der Waals surface area (Å²) in [7, 11) is -3.74. The van der Waals surface area contributed by atoms with Crippen LogP contribution >= 0.6 is 24.0 Å². The summed E-state index contributed by atoms with van der Waals surface area (Å²) in [4.78, 5) is 10.1. The summed E-state index contributed by atoms with van der Waals surface area (Å²) in [5.74, 6) is 0. The molecule has 3 rings (SSSR count). The molecule has 10 heteroatoms. The van der Waals surface area contributed by atoms with Crippen molar-refractivity contribution in [2.45, 2.75) is 36.2 Å². The van der Waals surface area contributed by atoms with E-state index in [1.807, 2.05) is 0 Å². The highest BCUT2D eigenvalue weighted by Gasteiger charge is 2.35. The zero-order chi connectivity index (χ0) is 15.9. The average Bonchev–Trinajstić information content (AvgIpc) is 2.77. The van der Waals surface area contributed by atoms with Crippen LogP contribution < -0.4 is 5.32 Å². The Labute approximate surface area is 145 Å². The second kappa shape index (κ2) is 6.90. The van der Waals surface area contributed by atoms with E-state index in [1.54, 1.807) is 0 Å². The summed E-state index contributed by atoms with van der Waals surface area (Å²) < 4.78 is 27.0. The molecule has 2 bridgehead atoms. The smallest absolute Gasteiger partial charge is 0.271 e. The number of fused-ring (bicyclic) bond motifs is 2. The fourth-order valence-corrected chi connectivity index (χ4v) is 5.09. The van der Waals surface area contributed by atoms with Crippen LogP contribution in [0.1, 0.15) is 19.3 Å². The first kappa shape index (κ1) is 18.4. The third-order valence-corrected chi connectivity index (χ3v) is 6.58. The van der Waals surface area contributed by atoms with Gasteiger partial charge in [0, 0.05) is 37.3 Å². The molecular formula is C13H17Cl2N3O4S. The van der Waals surface area contributed by atoms with Gasteiger partial charge in [0.1, 0.15) is 4.90 Å². The number of nitrogens with zero attached hydrogens (tertiary/aromatic N) is 2. The Morgan fingerprint density at radius 1 is 1.26 bits per heavy atom. The highest BCUT2D eigenvalue weighted by Crippen LogP contribution is 2.30. The molecular weight excluding hydrogens is 365 g/mol. The van der Waals surface area contributed by atoms with E-state index in [0.29, 0.717) is 19.1 Å². The van der Waals surface area contributed by atoms with Crippen LogP contribution in [0.2, 0.25) is 5.02 Å². The van der Waals surface area contributed by atoms with Gasteiger partial charge in [-0.05, 0) is 25.3 Å². The molecule has 1 N–H and O–H groups in total. The highest BCUT2D eigenvalue weighted by atomic mass is 35.5. The van der Waals surface area contributed by atoms with E-state index in [9.17, 15) is 18.5 Å². The minimum Gasteiger partial charge on any atom is -0.310 e. The van der Waals surface area contributed by atoms with Gasteiger partial charge in [0.05, 0.1) is 9.95 Å². The van der Waals surface area contributed by atoms with Crippen LogP contribution in [-0.4, -0.2) is 42.8 Å². The van der Waals surface area contributed by atoms with Crippen molar-refractivity contribution in [3.8, 4) is 0 Å². The quantitative estimate of drug-likeness (QED) is 0.639. The van der Waals surface area contributed by atoms with Gasteiger partial charge in [0.15, 0.2) is 0 Å². The molecule has 2 unspecified atom stereocenters. The van der Waals surface area contributed by atoms with Crippen molar-refractivity contribution in [1.29, 1.82) is 0 Å². The lowest BCUT2D eigenvalue weighted by molar-refractivity contribution is -0.384. The van der Waals surface area contributed by atoms with Gasteiger partial charge in [-0.2, -0.15) is 4.31 Å². The van der Waals surface area contributed by atoms with E-state index >= 15 is 0 Å². The molecule has 0 aliphatic carbocycles. The Morgan fingerprint density at radius 3 is 2.61 bits per heavy atom. The van der Waals surface area contributed by atoms with Crippen LogP contribution in [0.4, 0.5) is 5.69 Å². The molecule has 128 valence electrons. The van der Waals surface area contributed by atoms with E-state index in [2.05, 4.69) is 5.32 Å². The number of halogens is 2. The Kier molecular flexibility index (Phi) is 5.52. The van der Waals surface area contributed by atoms with Crippen molar-refractivity contribution in [3.05, 3.63) is 33.3 Å². The molecule has 2 aliphatic rings. The van der Waals surface area contributed by atoms with Crippen molar-refractivity contribution < 1.29 is 13.3 Å². The summed E-state index contributed by atoms with van der Waals surface area (Å²) in [5, 5.41) is 14.0. The number of nitro groups is 1. The van der Waals surface area contributed by atoms with Gasteiger partial charge in [-0.15, -0.1) is 12.4 Å². The number of sulfonamides is 1. The maximum Gasteiger partial charge on any atom is 0.271 e. The molecule has 0 amide bonds. The van der Waals surface area contributed by atoms with Crippen LogP contribution in [0, 0.1) is 10.1 Å². The standard InChI is InChI=1S/C13H16ClN3O4S.ClH/c14-12-7-11(17(18)19)3-4-13(12)22(20,21)16-6-5-9-1-2-10(8-16)15-9;/h3-4,7,9-10,15H,1-2,5-6,8H2;1H. The largest absolute Gasteiger partial charge is 0.310 e. The summed E-state index contributed by atoms with van der Waals surface area (Å²) in [6, 6.07) is 4.00. The number of non-ortho nitro benzene ring substituents is 1. The molecule has 2 heterocycles. The highest BCUT2D eigenvalue weighted by molar-refractivity contribution is 7.89. The number of hydrogen-bond acceptors (Lipinski definition) is 5. The molecule has 1 aromatic carbocycles. The first-order valence-corrected chi connectivity index (χ1v) is 8.90. The van der Waals surface area contributed by atoms with E-state index < -0.39 is 14.9 Å². The number of nitro benzene ring substituents is 1. The zero-order valence-electron chi connectivity index (χ0n) is 12.1. The third kappa shape index (κ3) is 3.61. The minimum absolute atomic E-state index is 0. The zero-order valence-corrected chi connectivity index (χ0v) is 14.5. The molecule has 0 spiro atoms. The lowest BCUT2D eigenvalue weighted by Gasteiger charge is -2.24. The Bertz CT molecular complexity index is 713. The van der Waals surface area contributed by atoms with Gasteiger partial charge in [-0.1, -0.05) is 11.6 Å². The molecule has 0 saturated carbocycles. The lowest BCUT2D eigenvalue weighted by atomic mass is 10.1. The number of nitrogens with one attached hydrogen (secondary N) is 1. The SMILES string of the molecule is Cl.O=[N+]([O-])c1ccc(S(=O)(=O)N2CCC3CCC(C2)N3)c(Cl)c1. The summed E-state index contributed by atoms with van der Waals surface area (Å²) in [6.45, 7) is 0.843. The van der Waals surface area contributed by atoms with E-state index in [4.69, 9.17) is 11.6 Å². The molecule has 2 saturated heterocycles. The first-order valence-electron chi connectivity index (χ1n) is 7.08. The molecule has 2 fully saturated rings. The van der Waals surface area contributed by atoms with Gasteiger partial charge < -0.3 is 5.32 Å². The maximum atomic E-state index is 12.8. The van der Waals surface area contributed by atoms with Crippen molar-refractivity contribution >= 4 is 39.7 Å². The minimum atomic E-state index is -3.74. The van der Waals surface area contributed by atoms with E-state index in [0.717, 1.165) is 25.3 Å². The number of benzene rings is 1. The van der Waals surface area contributed by atoms with Gasteiger partial charge >= 0.3 is 0 Å². The van der Waals surface area contributed by atoms with Crippen LogP contribution in [-0.2, 0) is 10.0 Å². The summed E-state index contributed by atoms with van der Waals surface area (Å²) in [6.07, 6.45) is 2.81. The van der Waals surface area contributed by atoms with Crippen LogP contribution in [0.25, 0.3) is 0 Å². The number of rotatable bonds is 3. The van der Waals surface area contributed by atoms with Gasteiger partial charge in [-0.3, -0.25) is 10.1 Å². The van der Waals surface area contributed by atoms with Crippen LogP contribution in [0.3, 0.4) is 0 Å². The molecule has 0 radical (unpaired) electrons. The molecule has 2 aliphatic heterocycles. The summed E-state index contributed by atoms with van der Waals surface area (Å²) in [5.41, 5.74) is -0.222. The molecule has 1 aromatic rings. The maximum absolute atomic E-state index is 12.8. The predicted molar refractivity (Wildman–Crippen MR) is 88.7 cm³/mol. The third-order valence-electron chi connectivity index (χ3n) is 4.23. The Morgan fingerprint density at radius 2 is 1.96 bits per heavy atom. The Balaban J connectivity index is 0.00000192. The molecule has 0 aromatic heterocycles. The number of hydrogen-bond donors (Lipinski definition) is 1. The fraction of sp³-hybridized carbons (Fsp3) is 0.538. The predicted octanol–water partition coefficient (Wildman–Crippen LogP) is 2.19. The molecule has 23 heavy (non-hydrogen) atoms. The van der Waals surface area contributed by atoms with Gasteiger partial charge in [0.2, 0.25) is 10.0 Å². The van der Waals surface area contributed by atoms with Crippen molar-refractivity contribution in [1.82, 2.24) is 9.62 Å². The van der Waals surface area contributed by atoms with Crippen LogP contribution in [0.5, 0.6) is 0 Å². The van der Waals surface area contributed by atoms with Gasteiger partial charge in [-0.25, -0.2) is 8.42 Å². The van der Waals surface area contributed by atoms with Crippen molar-refractivity contribution in [2.75, 3.05) is 13.1 Å². The molecule has 7 nitrogen and oxygen atoms in total.